The number of carbonyl (C=O) groups is 1. The summed E-state index contributed by atoms with van der Waals surface area (Å²) in [7, 11) is 0. The van der Waals surface area contributed by atoms with E-state index in [4.69, 9.17) is 21.6 Å². The van der Waals surface area contributed by atoms with Gasteiger partial charge in [-0.3, -0.25) is 5.43 Å². The van der Waals surface area contributed by atoms with E-state index in [0.29, 0.717) is 17.2 Å². The van der Waals surface area contributed by atoms with Crippen LogP contribution < -0.4 is 21.3 Å². The topological polar surface area (TPSA) is 123 Å². The second-order valence-corrected chi connectivity index (χ2v) is 7.30. The van der Waals surface area contributed by atoms with Crippen LogP contribution in [0.25, 0.3) is 0 Å². The van der Waals surface area contributed by atoms with Gasteiger partial charge in [0.05, 0.1) is 0 Å². The lowest BCUT2D eigenvalue weighted by atomic mass is 10.0. The molecule has 0 saturated heterocycles. The van der Waals surface area contributed by atoms with Crippen molar-refractivity contribution in [2.75, 3.05) is 0 Å². The molecule has 0 unspecified atom stereocenters. The van der Waals surface area contributed by atoms with Crippen LogP contribution in [0.5, 0.6) is 5.75 Å². The molecule has 0 aliphatic rings. The second-order valence-electron chi connectivity index (χ2n) is 7.30. The van der Waals surface area contributed by atoms with Crippen molar-refractivity contribution in [3.8, 4) is 18.1 Å². The van der Waals surface area contributed by atoms with Crippen LogP contribution in [0.1, 0.15) is 58.7 Å². The Balaban J connectivity index is 2.99. The zero-order valence-corrected chi connectivity index (χ0v) is 17.7. The van der Waals surface area contributed by atoms with E-state index < -0.39 is 11.7 Å². The molecule has 156 valence electrons. The molecule has 1 heterocycles. The number of hydrazine groups is 1. The highest BCUT2D eigenvalue weighted by Crippen LogP contribution is 2.28. The van der Waals surface area contributed by atoms with Gasteiger partial charge >= 0.3 is 6.09 Å². The number of nitrogens with one attached hydrogen (secondary N) is 2. The molecule has 0 bridgehead atoms. The quantitative estimate of drug-likeness (QED) is 0.235. The molecule has 1 rings (SSSR count). The van der Waals surface area contributed by atoms with E-state index in [1.165, 1.54) is 0 Å². The molecule has 4 N–H and O–H groups in total. The molecular weight excluding hydrogens is 372 g/mol. The van der Waals surface area contributed by atoms with Crippen LogP contribution in [0, 0.1) is 12.3 Å². The molecule has 0 radical (unpaired) electrons. The average Bonchev–Trinajstić information content (AvgIpc) is 2.62. The molecule has 0 fully saturated rings. The average molecular weight is 400 g/mol. The number of amides is 1. The van der Waals surface area contributed by atoms with Gasteiger partial charge in [-0.25, -0.2) is 20.2 Å². The van der Waals surface area contributed by atoms with E-state index in [9.17, 15) is 4.79 Å². The first-order chi connectivity index (χ1) is 13.5. The van der Waals surface area contributed by atoms with Crippen molar-refractivity contribution in [2.24, 2.45) is 15.7 Å². The molecule has 0 aliphatic carbocycles. The van der Waals surface area contributed by atoms with E-state index in [-0.39, 0.29) is 17.7 Å². The minimum Gasteiger partial charge on any atom is -0.458 e. The first-order valence-electron chi connectivity index (χ1n) is 8.88. The highest BCUT2D eigenvalue weighted by Gasteiger charge is 2.16. The van der Waals surface area contributed by atoms with Gasteiger partial charge in [0, 0.05) is 17.8 Å². The van der Waals surface area contributed by atoms with Crippen LogP contribution in [0.15, 0.2) is 33.8 Å². The Kier molecular flexibility index (Phi) is 8.21. The van der Waals surface area contributed by atoms with Gasteiger partial charge in [0.2, 0.25) is 5.96 Å². The number of aromatic nitrogens is 1. The summed E-state index contributed by atoms with van der Waals surface area (Å²) in [6.07, 6.45) is 6.38. The van der Waals surface area contributed by atoms with Crippen molar-refractivity contribution >= 4 is 18.8 Å². The number of guanidine groups is 1. The van der Waals surface area contributed by atoms with E-state index in [1.54, 1.807) is 40.0 Å². The minimum atomic E-state index is -0.704. The van der Waals surface area contributed by atoms with Crippen molar-refractivity contribution < 1.29 is 14.3 Å². The number of allylic oxidation sites excluding steroid dienone is 1. The van der Waals surface area contributed by atoms with Gasteiger partial charge in [0.25, 0.3) is 0 Å². The largest absolute Gasteiger partial charge is 0.458 e. The third kappa shape index (κ3) is 7.92. The summed E-state index contributed by atoms with van der Waals surface area (Å²) in [4.78, 5) is 23.6. The van der Waals surface area contributed by atoms with Gasteiger partial charge < -0.3 is 15.2 Å². The van der Waals surface area contributed by atoms with Crippen molar-refractivity contribution in [3.63, 3.8) is 0 Å². The molecule has 1 aromatic rings. The lowest BCUT2D eigenvalue weighted by Crippen LogP contribution is -2.43. The Morgan fingerprint density at radius 2 is 2.03 bits per heavy atom. The number of nitrogens with two attached hydrogens (primary N) is 1. The molecule has 1 aromatic heterocycles. The standard InChI is InChI=1S/C20H28N6O3/c1-9-14-10-16(15(11-23-14)12(2)3)28-13(4)17(21)24-18(22-8)25-26-19(27)29-20(5,6)7/h1,10-12H,8,21H2,2-7H3,(H,24,25)(H,26,27)/b17-13+. The van der Waals surface area contributed by atoms with Gasteiger partial charge in [-0.05, 0) is 40.3 Å². The van der Waals surface area contributed by atoms with Crippen LogP contribution in [0.4, 0.5) is 4.79 Å². The van der Waals surface area contributed by atoms with Gasteiger partial charge in [0.15, 0.2) is 5.82 Å². The van der Waals surface area contributed by atoms with Crippen LogP contribution in [-0.4, -0.2) is 29.4 Å². The summed E-state index contributed by atoms with van der Waals surface area (Å²) in [6.45, 7) is 14.3. The molecule has 0 atom stereocenters. The van der Waals surface area contributed by atoms with E-state index in [0.717, 1.165) is 5.56 Å². The van der Waals surface area contributed by atoms with Crippen molar-refractivity contribution in [1.29, 1.82) is 0 Å². The Morgan fingerprint density at radius 3 is 2.55 bits per heavy atom. The SMILES string of the molecule is C#Cc1cc(O/C(C)=C(N)/N=C(\N=C)NNC(=O)OC(C)(C)C)c(C(C)C)cn1. The van der Waals surface area contributed by atoms with Crippen molar-refractivity contribution in [1.82, 2.24) is 15.8 Å². The van der Waals surface area contributed by atoms with Gasteiger partial charge in [-0.15, -0.1) is 6.42 Å². The third-order valence-corrected chi connectivity index (χ3v) is 3.34. The molecule has 0 aliphatic heterocycles. The van der Waals surface area contributed by atoms with Gasteiger partial charge in [-0.1, -0.05) is 19.8 Å². The first kappa shape index (κ1) is 23.5. The molecular formula is C20H28N6O3. The molecule has 0 aromatic carbocycles. The lowest BCUT2D eigenvalue weighted by Gasteiger charge is -2.19. The fourth-order valence-corrected chi connectivity index (χ4v) is 1.97. The van der Waals surface area contributed by atoms with Gasteiger partial charge in [0.1, 0.15) is 22.8 Å². The maximum Gasteiger partial charge on any atom is 0.426 e. The number of pyridine rings is 1. The van der Waals surface area contributed by atoms with Crippen LogP contribution in [0.3, 0.4) is 0 Å². The predicted octanol–water partition coefficient (Wildman–Crippen LogP) is 2.80. The smallest absolute Gasteiger partial charge is 0.426 e. The maximum absolute atomic E-state index is 11.7. The van der Waals surface area contributed by atoms with Gasteiger partial charge in [-0.2, -0.15) is 4.99 Å². The van der Waals surface area contributed by atoms with Crippen LogP contribution >= 0.6 is 0 Å². The Morgan fingerprint density at radius 1 is 1.38 bits per heavy atom. The monoisotopic (exact) mass is 400 g/mol. The zero-order chi connectivity index (χ0) is 22.2. The van der Waals surface area contributed by atoms with Crippen molar-refractivity contribution in [2.45, 2.75) is 53.1 Å². The lowest BCUT2D eigenvalue weighted by molar-refractivity contribution is 0.0512. The number of terminal acetylenes is 1. The molecule has 29 heavy (non-hydrogen) atoms. The fraction of sp³-hybridized carbons (Fsp3) is 0.400. The number of aliphatic imine (C=N–C) groups is 2. The number of hydrogen-bond donors (Lipinski definition) is 3. The zero-order valence-electron chi connectivity index (χ0n) is 17.7. The van der Waals surface area contributed by atoms with Crippen LogP contribution in [-0.2, 0) is 4.74 Å². The summed E-state index contributed by atoms with van der Waals surface area (Å²) >= 11 is 0. The summed E-state index contributed by atoms with van der Waals surface area (Å²) in [5, 5.41) is 0. The number of rotatable bonds is 4. The van der Waals surface area contributed by atoms with E-state index in [2.05, 4.69) is 38.5 Å². The Bertz CT molecular complexity index is 860. The number of carbonyl (C=O) groups excluding carboxylic acids is 1. The second kappa shape index (κ2) is 10.1. The molecule has 1 amide bonds. The van der Waals surface area contributed by atoms with E-state index in [1.807, 2.05) is 13.8 Å². The third-order valence-electron chi connectivity index (χ3n) is 3.34. The first-order valence-corrected chi connectivity index (χ1v) is 8.88. The maximum atomic E-state index is 11.7. The molecule has 0 saturated carbocycles. The predicted molar refractivity (Wildman–Crippen MR) is 113 cm³/mol. The molecule has 9 nitrogen and oxygen atoms in total. The number of nitrogens with zero attached hydrogens (tertiary/aromatic N) is 3. The summed E-state index contributed by atoms with van der Waals surface area (Å²) in [6, 6.07) is 1.66. The minimum absolute atomic E-state index is 0.0275. The Hall–Kier alpha value is -3.54. The highest BCUT2D eigenvalue weighted by molar-refractivity contribution is 5.86. The molecule has 9 heteroatoms. The number of ether oxygens (including phenoxy) is 2. The van der Waals surface area contributed by atoms with Crippen molar-refractivity contribution in [3.05, 3.63) is 35.1 Å². The van der Waals surface area contributed by atoms with E-state index >= 15 is 0 Å². The number of hydrogen-bond acceptors (Lipinski definition) is 6. The summed E-state index contributed by atoms with van der Waals surface area (Å²) in [5.41, 5.74) is 11.4. The normalized spacial score (nSPS) is 12.6. The summed E-state index contributed by atoms with van der Waals surface area (Å²) in [5.74, 6) is 3.45. The Labute approximate surface area is 171 Å². The van der Waals surface area contributed by atoms with Crippen LogP contribution in [0.2, 0.25) is 0 Å². The highest BCUT2D eigenvalue weighted by atomic mass is 16.6. The molecule has 0 spiro atoms. The summed E-state index contributed by atoms with van der Waals surface area (Å²) < 4.78 is 11.0. The fourth-order valence-electron chi connectivity index (χ4n) is 1.97.